The van der Waals surface area contributed by atoms with Crippen LogP contribution in [0.3, 0.4) is 0 Å². The number of carbonyl (C=O) groups is 3. The second-order valence-electron chi connectivity index (χ2n) is 5.18. The number of hydrogen-bond acceptors (Lipinski definition) is 4. The highest BCUT2D eigenvalue weighted by Crippen LogP contribution is 2.54. The van der Waals surface area contributed by atoms with Gasteiger partial charge in [-0.3, -0.25) is 19.3 Å². The van der Waals surface area contributed by atoms with Crippen molar-refractivity contribution in [3.63, 3.8) is 0 Å². The zero-order valence-corrected chi connectivity index (χ0v) is 11.3. The molecule has 2 amide bonds. The van der Waals surface area contributed by atoms with Crippen LogP contribution in [0.2, 0.25) is 0 Å². The van der Waals surface area contributed by atoms with Gasteiger partial charge in [-0.05, 0) is 26.0 Å². The maximum atomic E-state index is 12.3. The fraction of sp³-hybridized carbons (Fsp3) is 0.400. The van der Waals surface area contributed by atoms with Gasteiger partial charge in [-0.2, -0.15) is 0 Å². The van der Waals surface area contributed by atoms with E-state index in [2.05, 4.69) is 0 Å². The van der Waals surface area contributed by atoms with Gasteiger partial charge in [0.2, 0.25) is 11.8 Å². The molecule has 1 aliphatic heterocycles. The molecule has 1 aliphatic carbocycles. The van der Waals surface area contributed by atoms with Crippen molar-refractivity contribution in [2.45, 2.75) is 13.8 Å². The molecule has 0 spiro atoms. The summed E-state index contributed by atoms with van der Waals surface area (Å²) < 4.78 is 4.89. The van der Waals surface area contributed by atoms with Crippen LogP contribution in [0.25, 0.3) is 0 Å². The van der Waals surface area contributed by atoms with Crippen molar-refractivity contribution < 1.29 is 19.1 Å². The number of hydrogen-bond donors (Lipinski definition) is 0. The van der Waals surface area contributed by atoms with Gasteiger partial charge >= 0.3 is 5.97 Å². The molecular formula is C15H15NO4. The fourth-order valence-electron chi connectivity index (χ4n) is 2.81. The third-order valence-corrected chi connectivity index (χ3v) is 3.88. The van der Waals surface area contributed by atoms with E-state index in [1.807, 2.05) is 19.1 Å². The Kier molecular flexibility index (Phi) is 2.85. The third-order valence-electron chi connectivity index (χ3n) is 3.88. The van der Waals surface area contributed by atoms with Crippen LogP contribution in [0.1, 0.15) is 12.5 Å². The molecule has 0 bridgehead atoms. The highest BCUT2D eigenvalue weighted by molar-refractivity contribution is 6.27. The summed E-state index contributed by atoms with van der Waals surface area (Å²) in [5, 5.41) is 0. The quantitative estimate of drug-likeness (QED) is 0.615. The van der Waals surface area contributed by atoms with E-state index < -0.39 is 23.7 Å². The standard InChI is InChI=1S/C15H15NO4/c1-3-20-15(19)12-10-11(12)14(18)16(13(10)17)9-6-4-8(2)5-7-9/h4-7,10-12H,3H2,1-2H3. The van der Waals surface area contributed by atoms with Gasteiger partial charge in [-0.1, -0.05) is 17.7 Å². The zero-order chi connectivity index (χ0) is 14.4. The molecule has 0 N–H and O–H groups in total. The second kappa shape index (κ2) is 4.44. The van der Waals surface area contributed by atoms with E-state index in [-0.39, 0.29) is 18.4 Å². The lowest BCUT2D eigenvalue weighted by Crippen LogP contribution is -2.36. The van der Waals surface area contributed by atoms with E-state index in [1.165, 1.54) is 4.90 Å². The Bertz CT molecular complexity index is 570. The van der Waals surface area contributed by atoms with Crippen LogP contribution in [-0.4, -0.2) is 24.4 Å². The molecule has 0 radical (unpaired) electrons. The molecule has 1 saturated heterocycles. The van der Waals surface area contributed by atoms with E-state index in [9.17, 15) is 14.4 Å². The minimum Gasteiger partial charge on any atom is -0.466 e. The summed E-state index contributed by atoms with van der Waals surface area (Å²) in [7, 11) is 0. The lowest BCUT2D eigenvalue weighted by molar-refractivity contribution is -0.147. The highest BCUT2D eigenvalue weighted by Gasteiger charge is 2.71. The summed E-state index contributed by atoms with van der Waals surface area (Å²) in [6.07, 6.45) is 0. The van der Waals surface area contributed by atoms with Gasteiger partial charge in [0.25, 0.3) is 0 Å². The van der Waals surface area contributed by atoms with Crippen molar-refractivity contribution in [1.82, 2.24) is 0 Å². The maximum Gasteiger partial charge on any atom is 0.310 e. The normalized spacial score (nSPS) is 27.5. The number of nitrogens with zero attached hydrogens (tertiary/aromatic N) is 1. The summed E-state index contributed by atoms with van der Waals surface area (Å²) in [4.78, 5) is 37.4. The Morgan fingerprint density at radius 2 is 1.70 bits per heavy atom. The maximum absolute atomic E-state index is 12.3. The van der Waals surface area contributed by atoms with Crippen molar-refractivity contribution in [3.8, 4) is 0 Å². The largest absolute Gasteiger partial charge is 0.466 e. The van der Waals surface area contributed by atoms with Gasteiger partial charge in [0, 0.05) is 0 Å². The first-order chi connectivity index (χ1) is 9.56. The number of piperidine rings is 1. The summed E-state index contributed by atoms with van der Waals surface area (Å²) in [5.41, 5.74) is 1.63. The molecule has 3 rings (SSSR count). The Hall–Kier alpha value is -2.17. The molecule has 2 unspecified atom stereocenters. The number of amides is 2. The van der Waals surface area contributed by atoms with Crippen LogP contribution >= 0.6 is 0 Å². The van der Waals surface area contributed by atoms with E-state index in [1.54, 1.807) is 19.1 Å². The molecule has 5 nitrogen and oxygen atoms in total. The Labute approximate surface area is 116 Å². The summed E-state index contributed by atoms with van der Waals surface area (Å²) >= 11 is 0. The van der Waals surface area contributed by atoms with E-state index in [0.717, 1.165) is 5.56 Å². The number of imide groups is 1. The van der Waals surface area contributed by atoms with Crippen LogP contribution in [0.4, 0.5) is 5.69 Å². The molecule has 1 heterocycles. The van der Waals surface area contributed by atoms with Crippen molar-refractivity contribution in [2.24, 2.45) is 17.8 Å². The number of benzene rings is 1. The van der Waals surface area contributed by atoms with Crippen LogP contribution in [-0.2, 0) is 19.1 Å². The predicted octanol–water partition coefficient (Wildman–Crippen LogP) is 1.29. The Morgan fingerprint density at radius 1 is 1.15 bits per heavy atom. The monoisotopic (exact) mass is 273 g/mol. The average molecular weight is 273 g/mol. The second-order valence-corrected chi connectivity index (χ2v) is 5.18. The number of carbonyl (C=O) groups excluding carboxylic acids is 3. The van der Waals surface area contributed by atoms with Crippen LogP contribution in [0.15, 0.2) is 24.3 Å². The molecule has 20 heavy (non-hydrogen) atoms. The number of aryl methyl sites for hydroxylation is 1. The van der Waals surface area contributed by atoms with Gasteiger partial charge in [0.1, 0.15) is 0 Å². The molecule has 1 aromatic carbocycles. The summed E-state index contributed by atoms with van der Waals surface area (Å²) in [6, 6.07) is 7.19. The van der Waals surface area contributed by atoms with Gasteiger partial charge in [-0.15, -0.1) is 0 Å². The molecular weight excluding hydrogens is 258 g/mol. The number of rotatable bonds is 3. The summed E-state index contributed by atoms with van der Waals surface area (Å²) in [5.74, 6) is -2.64. The average Bonchev–Trinajstić information content (AvgIpc) is 3.11. The lowest BCUT2D eigenvalue weighted by atomic mass is 10.2. The van der Waals surface area contributed by atoms with E-state index >= 15 is 0 Å². The molecule has 1 saturated carbocycles. The zero-order valence-electron chi connectivity index (χ0n) is 11.3. The molecule has 104 valence electrons. The van der Waals surface area contributed by atoms with Crippen LogP contribution in [0.5, 0.6) is 0 Å². The fourth-order valence-corrected chi connectivity index (χ4v) is 2.81. The Balaban J connectivity index is 1.80. The van der Waals surface area contributed by atoms with E-state index in [4.69, 9.17) is 4.74 Å². The third kappa shape index (κ3) is 1.73. The minimum atomic E-state index is -0.573. The molecule has 2 atom stereocenters. The van der Waals surface area contributed by atoms with Gasteiger partial charge in [-0.25, -0.2) is 0 Å². The summed E-state index contributed by atoms with van der Waals surface area (Å²) in [6.45, 7) is 3.91. The molecule has 2 fully saturated rings. The number of ether oxygens (including phenoxy) is 1. The van der Waals surface area contributed by atoms with Crippen molar-refractivity contribution in [2.75, 3.05) is 11.5 Å². The molecule has 0 aromatic heterocycles. The van der Waals surface area contributed by atoms with Crippen molar-refractivity contribution in [1.29, 1.82) is 0 Å². The van der Waals surface area contributed by atoms with Gasteiger partial charge in [0.05, 0.1) is 30.0 Å². The first kappa shape index (κ1) is 12.8. The minimum absolute atomic E-state index is 0.263. The molecule has 5 heteroatoms. The van der Waals surface area contributed by atoms with Gasteiger partial charge < -0.3 is 4.74 Å². The van der Waals surface area contributed by atoms with Crippen molar-refractivity contribution in [3.05, 3.63) is 29.8 Å². The van der Waals surface area contributed by atoms with Crippen LogP contribution < -0.4 is 4.90 Å². The van der Waals surface area contributed by atoms with Gasteiger partial charge in [0.15, 0.2) is 0 Å². The number of fused-ring (bicyclic) bond motifs is 1. The number of esters is 1. The topological polar surface area (TPSA) is 63.7 Å². The lowest BCUT2D eigenvalue weighted by Gasteiger charge is -2.18. The van der Waals surface area contributed by atoms with E-state index in [0.29, 0.717) is 5.69 Å². The van der Waals surface area contributed by atoms with Crippen LogP contribution in [0, 0.1) is 24.7 Å². The van der Waals surface area contributed by atoms with Crippen molar-refractivity contribution >= 4 is 23.5 Å². The highest BCUT2D eigenvalue weighted by atomic mass is 16.5. The SMILES string of the molecule is CCOC(=O)C1C2C(=O)N(c3ccc(C)cc3)C(=O)C12. The first-order valence-electron chi connectivity index (χ1n) is 6.67. The molecule has 1 aromatic rings. The Morgan fingerprint density at radius 3 is 2.20 bits per heavy atom. The first-order valence-corrected chi connectivity index (χ1v) is 6.67. The predicted molar refractivity (Wildman–Crippen MR) is 70.8 cm³/mol. The molecule has 2 aliphatic rings. The smallest absolute Gasteiger partial charge is 0.310 e. The number of anilines is 1.